The number of halogens is 1. The van der Waals surface area contributed by atoms with Crippen molar-refractivity contribution in [1.29, 1.82) is 0 Å². The number of carboxylic acid groups (broad SMARTS) is 1. The zero-order chi connectivity index (χ0) is 14.0. The van der Waals surface area contributed by atoms with Crippen LogP contribution in [0.25, 0.3) is 0 Å². The van der Waals surface area contributed by atoms with Gasteiger partial charge in [0.15, 0.2) is 5.76 Å². The molecule has 5 nitrogen and oxygen atoms in total. The fourth-order valence-corrected chi connectivity index (χ4v) is 1.47. The number of rotatable bonds is 3. The van der Waals surface area contributed by atoms with Crippen LogP contribution in [-0.2, 0) is 0 Å². The number of hydrogen-bond acceptors (Lipinski definition) is 3. The standard InChI is InChI=1S/C13H10FNO4/c1-7-2-3-10(9(14)4-7)15-12(16)11-5-8(6-19-11)13(17)18/h2-6H,1H3,(H,15,16)(H,17,18). The first-order valence-corrected chi connectivity index (χ1v) is 5.36. The van der Waals surface area contributed by atoms with E-state index in [0.29, 0.717) is 0 Å². The number of carboxylic acids is 1. The highest BCUT2D eigenvalue weighted by Gasteiger charge is 2.16. The van der Waals surface area contributed by atoms with Crippen molar-refractivity contribution < 1.29 is 23.5 Å². The molecule has 0 spiro atoms. The van der Waals surface area contributed by atoms with Crippen molar-refractivity contribution in [2.24, 2.45) is 0 Å². The molecule has 0 radical (unpaired) electrons. The molecule has 19 heavy (non-hydrogen) atoms. The summed E-state index contributed by atoms with van der Waals surface area (Å²) in [6, 6.07) is 5.41. The Morgan fingerprint density at radius 1 is 1.32 bits per heavy atom. The SMILES string of the molecule is Cc1ccc(NC(=O)c2cc(C(=O)O)co2)c(F)c1. The van der Waals surface area contributed by atoms with E-state index in [2.05, 4.69) is 5.32 Å². The van der Waals surface area contributed by atoms with Gasteiger partial charge >= 0.3 is 5.97 Å². The van der Waals surface area contributed by atoms with Crippen molar-refractivity contribution in [3.05, 3.63) is 53.2 Å². The van der Waals surface area contributed by atoms with Crippen molar-refractivity contribution in [1.82, 2.24) is 0 Å². The number of carbonyl (C=O) groups excluding carboxylic acids is 1. The van der Waals surface area contributed by atoms with Crippen LogP contribution in [0.5, 0.6) is 0 Å². The van der Waals surface area contributed by atoms with Gasteiger partial charge in [-0.2, -0.15) is 0 Å². The first-order valence-electron chi connectivity index (χ1n) is 5.36. The molecule has 2 aromatic rings. The van der Waals surface area contributed by atoms with Crippen molar-refractivity contribution >= 4 is 17.6 Å². The Hall–Kier alpha value is -2.63. The maximum absolute atomic E-state index is 13.5. The number of nitrogens with one attached hydrogen (secondary N) is 1. The van der Waals surface area contributed by atoms with Crippen LogP contribution in [0.4, 0.5) is 10.1 Å². The molecular formula is C13H10FNO4. The number of hydrogen-bond donors (Lipinski definition) is 2. The minimum Gasteiger partial charge on any atom is -0.478 e. The molecule has 0 unspecified atom stereocenters. The summed E-state index contributed by atoms with van der Waals surface area (Å²) in [6.07, 6.45) is 0.947. The quantitative estimate of drug-likeness (QED) is 0.892. The number of furan rings is 1. The predicted molar refractivity (Wildman–Crippen MR) is 64.8 cm³/mol. The molecule has 0 saturated carbocycles. The Kier molecular flexibility index (Phi) is 3.33. The smallest absolute Gasteiger partial charge is 0.338 e. The fourth-order valence-electron chi connectivity index (χ4n) is 1.47. The lowest BCUT2D eigenvalue weighted by molar-refractivity contribution is 0.0696. The van der Waals surface area contributed by atoms with Gasteiger partial charge in [-0.1, -0.05) is 6.07 Å². The van der Waals surface area contributed by atoms with Crippen molar-refractivity contribution in [2.75, 3.05) is 5.32 Å². The molecule has 0 bridgehead atoms. The van der Waals surface area contributed by atoms with E-state index in [9.17, 15) is 14.0 Å². The Morgan fingerprint density at radius 3 is 2.63 bits per heavy atom. The molecule has 0 aliphatic carbocycles. The second-order valence-corrected chi connectivity index (χ2v) is 3.94. The molecule has 0 saturated heterocycles. The first-order chi connectivity index (χ1) is 8.97. The molecule has 98 valence electrons. The van der Waals surface area contributed by atoms with E-state index in [-0.39, 0.29) is 17.0 Å². The van der Waals surface area contributed by atoms with Crippen molar-refractivity contribution in [3.63, 3.8) is 0 Å². The zero-order valence-corrected chi connectivity index (χ0v) is 9.94. The monoisotopic (exact) mass is 263 g/mol. The maximum atomic E-state index is 13.5. The molecule has 0 aliphatic heterocycles. The molecule has 0 fully saturated rings. The lowest BCUT2D eigenvalue weighted by Gasteiger charge is -2.05. The zero-order valence-electron chi connectivity index (χ0n) is 9.94. The number of anilines is 1. The molecular weight excluding hydrogens is 253 g/mol. The summed E-state index contributed by atoms with van der Waals surface area (Å²) in [5.74, 6) is -2.68. The van der Waals surface area contributed by atoms with Gasteiger partial charge in [-0.15, -0.1) is 0 Å². The van der Waals surface area contributed by atoms with Gasteiger partial charge in [-0.3, -0.25) is 4.79 Å². The highest BCUT2D eigenvalue weighted by Crippen LogP contribution is 2.17. The third-order valence-electron chi connectivity index (χ3n) is 2.44. The van der Waals surface area contributed by atoms with Crippen LogP contribution in [0, 0.1) is 12.7 Å². The second kappa shape index (κ2) is 4.93. The van der Waals surface area contributed by atoms with Crippen LogP contribution >= 0.6 is 0 Å². The number of aromatic carboxylic acids is 1. The Bertz CT molecular complexity index is 648. The summed E-state index contributed by atoms with van der Waals surface area (Å²) in [5, 5.41) is 11.0. The highest BCUT2D eigenvalue weighted by atomic mass is 19.1. The van der Waals surface area contributed by atoms with E-state index in [0.717, 1.165) is 17.9 Å². The highest BCUT2D eigenvalue weighted by molar-refractivity contribution is 6.03. The lowest BCUT2D eigenvalue weighted by Crippen LogP contribution is -2.12. The summed E-state index contributed by atoms with van der Waals surface area (Å²) < 4.78 is 18.3. The Morgan fingerprint density at radius 2 is 2.05 bits per heavy atom. The topological polar surface area (TPSA) is 79.5 Å². The molecule has 1 aromatic carbocycles. The number of carbonyl (C=O) groups is 2. The molecule has 1 aromatic heterocycles. The van der Waals surface area contributed by atoms with Gasteiger partial charge < -0.3 is 14.8 Å². The second-order valence-electron chi connectivity index (χ2n) is 3.94. The van der Waals surface area contributed by atoms with E-state index < -0.39 is 17.7 Å². The van der Waals surface area contributed by atoms with E-state index in [1.165, 1.54) is 12.1 Å². The normalized spacial score (nSPS) is 10.2. The number of benzene rings is 1. The van der Waals surface area contributed by atoms with E-state index in [1.807, 2.05) is 0 Å². The average Bonchev–Trinajstić information content (AvgIpc) is 2.82. The summed E-state index contributed by atoms with van der Waals surface area (Å²) >= 11 is 0. The van der Waals surface area contributed by atoms with E-state index in [4.69, 9.17) is 9.52 Å². The third kappa shape index (κ3) is 2.79. The summed E-state index contributed by atoms with van der Waals surface area (Å²) in [4.78, 5) is 22.4. The average molecular weight is 263 g/mol. The maximum Gasteiger partial charge on any atom is 0.338 e. The molecule has 6 heteroatoms. The molecule has 0 atom stereocenters. The van der Waals surface area contributed by atoms with Crippen molar-refractivity contribution in [2.45, 2.75) is 6.92 Å². The minimum atomic E-state index is -1.20. The summed E-state index contributed by atoms with van der Waals surface area (Å²) in [5.41, 5.74) is 0.583. The van der Waals surface area contributed by atoms with E-state index >= 15 is 0 Å². The van der Waals surface area contributed by atoms with Gasteiger partial charge in [-0.05, 0) is 24.6 Å². The van der Waals surface area contributed by atoms with E-state index in [1.54, 1.807) is 13.0 Å². The van der Waals surface area contributed by atoms with Crippen LogP contribution in [0.1, 0.15) is 26.5 Å². The molecule has 0 aliphatic rings. The molecule has 1 amide bonds. The predicted octanol–water partition coefficient (Wildman–Crippen LogP) is 2.68. The van der Waals surface area contributed by atoms with Gasteiger partial charge in [0.25, 0.3) is 5.91 Å². The van der Waals surface area contributed by atoms with Gasteiger partial charge in [-0.25, -0.2) is 9.18 Å². The van der Waals surface area contributed by atoms with Crippen LogP contribution in [0.2, 0.25) is 0 Å². The fraction of sp³-hybridized carbons (Fsp3) is 0.0769. The summed E-state index contributed by atoms with van der Waals surface area (Å²) in [6.45, 7) is 1.72. The van der Waals surface area contributed by atoms with Gasteiger partial charge in [0.05, 0.1) is 11.3 Å². The van der Waals surface area contributed by atoms with Crippen LogP contribution in [0.3, 0.4) is 0 Å². The van der Waals surface area contributed by atoms with Crippen LogP contribution < -0.4 is 5.32 Å². The van der Waals surface area contributed by atoms with Crippen molar-refractivity contribution in [3.8, 4) is 0 Å². The molecule has 2 N–H and O–H groups in total. The van der Waals surface area contributed by atoms with Gasteiger partial charge in [0.1, 0.15) is 12.1 Å². The lowest BCUT2D eigenvalue weighted by atomic mass is 10.2. The Labute approximate surface area is 107 Å². The number of aryl methyl sites for hydroxylation is 1. The first kappa shape index (κ1) is 12.8. The van der Waals surface area contributed by atoms with Crippen LogP contribution in [0.15, 0.2) is 34.9 Å². The molecule has 1 heterocycles. The number of amides is 1. The largest absolute Gasteiger partial charge is 0.478 e. The summed E-state index contributed by atoms with van der Waals surface area (Å²) in [7, 11) is 0. The third-order valence-corrected chi connectivity index (χ3v) is 2.44. The van der Waals surface area contributed by atoms with Gasteiger partial charge in [0.2, 0.25) is 0 Å². The molecule has 2 rings (SSSR count). The van der Waals surface area contributed by atoms with Gasteiger partial charge in [0, 0.05) is 6.07 Å². The minimum absolute atomic E-state index is 0.00359. The van der Waals surface area contributed by atoms with Crippen LogP contribution in [-0.4, -0.2) is 17.0 Å². The Balaban J connectivity index is 2.18.